The normalized spacial score (nSPS) is 12.5. The molecule has 0 aliphatic rings. The van der Waals surface area contributed by atoms with Crippen LogP contribution in [-0.4, -0.2) is 36.4 Å². The second-order valence-electron chi connectivity index (χ2n) is 5.67. The van der Waals surface area contributed by atoms with E-state index in [1.807, 2.05) is 13.8 Å². The van der Waals surface area contributed by atoms with Gasteiger partial charge in [-0.2, -0.15) is 5.10 Å². The van der Waals surface area contributed by atoms with Gasteiger partial charge < -0.3 is 11.1 Å². The first kappa shape index (κ1) is 20.1. The van der Waals surface area contributed by atoms with Crippen molar-refractivity contribution in [2.24, 2.45) is 11.7 Å². The number of rotatable bonds is 5. The third-order valence-corrected chi connectivity index (χ3v) is 4.53. The number of sulfone groups is 1. The van der Waals surface area contributed by atoms with Crippen molar-refractivity contribution in [2.45, 2.75) is 24.8 Å². The summed E-state index contributed by atoms with van der Waals surface area (Å²) in [4.78, 5) is 12.1. The number of hydrogen-bond donors (Lipinski definition) is 2. The predicted octanol–water partition coefficient (Wildman–Crippen LogP) is 1.62. The van der Waals surface area contributed by atoms with E-state index in [-0.39, 0.29) is 29.1 Å². The number of anilines is 1. The van der Waals surface area contributed by atoms with E-state index in [0.29, 0.717) is 11.4 Å². The Balaban J connectivity index is 0.00000288. The first-order valence-corrected chi connectivity index (χ1v) is 9.00. The van der Waals surface area contributed by atoms with Crippen LogP contribution >= 0.6 is 12.4 Å². The second-order valence-corrected chi connectivity index (χ2v) is 7.66. The molecule has 24 heavy (non-hydrogen) atoms. The van der Waals surface area contributed by atoms with Crippen LogP contribution in [0.5, 0.6) is 0 Å². The molecular weight excluding hydrogens is 352 g/mol. The third-order valence-electron chi connectivity index (χ3n) is 3.38. The Morgan fingerprint density at radius 1 is 1.29 bits per heavy atom. The lowest BCUT2D eigenvalue weighted by Crippen LogP contribution is -2.39. The lowest BCUT2D eigenvalue weighted by atomic mass is 10.1. The zero-order valence-electron chi connectivity index (χ0n) is 13.6. The van der Waals surface area contributed by atoms with Crippen LogP contribution < -0.4 is 11.1 Å². The summed E-state index contributed by atoms with van der Waals surface area (Å²) in [5.74, 6) is -0.299. The van der Waals surface area contributed by atoms with Gasteiger partial charge in [0.25, 0.3) is 0 Å². The first-order chi connectivity index (χ1) is 10.7. The van der Waals surface area contributed by atoms with E-state index in [0.717, 1.165) is 6.26 Å². The minimum atomic E-state index is -3.39. The summed E-state index contributed by atoms with van der Waals surface area (Å²) < 4.78 is 25.1. The average Bonchev–Trinajstić information content (AvgIpc) is 2.93. The lowest BCUT2D eigenvalue weighted by Gasteiger charge is -2.14. The van der Waals surface area contributed by atoms with Crippen molar-refractivity contribution in [3.05, 3.63) is 36.7 Å². The predicted molar refractivity (Wildman–Crippen MR) is 95.4 cm³/mol. The van der Waals surface area contributed by atoms with Gasteiger partial charge in [0, 0.05) is 6.26 Å². The molecule has 9 heteroatoms. The molecule has 0 spiro atoms. The number of hydrogen-bond acceptors (Lipinski definition) is 5. The van der Waals surface area contributed by atoms with E-state index in [4.69, 9.17) is 5.73 Å². The van der Waals surface area contributed by atoms with E-state index in [9.17, 15) is 13.2 Å². The average molecular weight is 373 g/mol. The highest BCUT2D eigenvalue weighted by molar-refractivity contribution is 7.90. The first-order valence-electron chi connectivity index (χ1n) is 7.10. The zero-order chi connectivity index (χ0) is 17.2. The Morgan fingerprint density at radius 3 is 2.50 bits per heavy atom. The molecule has 0 saturated carbocycles. The van der Waals surface area contributed by atoms with E-state index in [2.05, 4.69) is 10.4 Å². The number of nitrogens with two attached hydrogens (primary N) is 1. The van der Waals surface area contributed by atoms with Crippen LogP contribution in [0.15, 0.2) is 41.6 Å². The fourth-order valence-electron chi connectivity index (χ4n) is 2.01. The zero-order valence-corrected chi connectivity index (χ0v) is 15.3. The van der Waals surface area contributed by atoms with Gasteiger partial charge in [-0.25, -0.2) is 13.1 Å². The van der Waals surface area contributed by atoms with Gasteiger partial charge in [0.15, 0.2) is 9.84 Å². The molecule has 0 fully saturated rings. The fraction of sp³-hybridized carbons (Fsp3) is 0.333. The van der Waals surface area contributed by atoms with Crippen LogP contribution in [0.1, 0.15) is 13.8 Å². The number of nitrogens with one attached hydrogen (secondary N) is 1. The third kappa shape index (κ3) is 4.56. The Morgan fingerprint density at radius 2 is 1.92 bits per heavy atom. The van der Waals surface area contributed by atoms with Crippen molar-refractivity contribution in [1.29, 1.82) is 0 Å². The number of aromatic nitrogens is 2. The monoisotopic (exact) mass is 372 g/mol. The van der Waals surface area contributed by atoms with Crippen molar-refractivity contribution >= 4 is 33.8 Å². The highest BCUT2D eigenvalue weighted by atomic mass is 35.5. The summed E-state index contributed by atoms with van der Waals surface area (Å²) in [6.07, 6.45) is 4.14. The molecule has 0 aliphatic heterocycles. The highest BCUT2D eigenvalue weighted by Gasteiger charge is 2.19. The number of benzene rings is 1. The van der Waals surface area contributed by atoms with E-state index in [1.54, 1.807) is 24.4 Å². The number of carbonyl (C=O) groups is 1. The van der Waals surface area contributed by atoms with Gasteiger partial charge in [0.1, 0.15) is 0 Å². The molecule has 2 rings (SSSR count). The van der Waals surface area contributed by atoms with Gasteiger partial charge in [-0.1, -0.05) is 26.0 Å². The smallest absolute Gasteiger partial charge is 0.241 e. The maximum absolute atomic E-state index is 12.0. The quantitative estimate of drug-likeness (QED) is 0.829. The van der Waals surface area contributed by atoms with Crippen molar-refractivity contribution in [2.75, 3.05) is 11.6 Å². The molecule has 0 saturated heterocycles. The van der Waals surface area contributed by atoms with Crippen molar-refractivity contribution in [1.82, 2.24) is 9.78 Å². The largest absolute Gasteiger partial charge is 0.322 e. The Kier molecular flexibility index (Phi) is 6.53. The van der Waals surface area contributed by atoms with Crippen LogP contribution in [0.3, 0.4) is 0 Å². The Bertz CT molecular complexity index is 818. The molecule has 3 N–H and O–H groups in total. The number of para-hydroxylation sites is 1. The summed E-state index contributed by atoms with van der Waals surface area (Å²) in [5.41, 5.74) is 6.66. The van der Waals surface area contributed by atoms with Crippen LogP contribution in [-0.2, 0) is 14.6 Å². The molecule has 7 nitrogen and oxygen atoms in total. The van der Waals surface area contributed by atoms with Crippen LogP contribution in [0.2, 0.25) is 0 Å². The summed E-state index contributed by atoms with van der Waals surface area (Å²) in [5, 5.41) is 6.79. The Labute approximate surface area is 147 Å². The molecule has 0 bridgehead atoms. The number of nitrogens with zero attached hydrogens (tertiary/aromatic N) is 2. The van der Waals surface area contributed by atoms with Gasteiger partial charge in [-0.05, 0) is 18.1 Å². The van der Waals surface area contributed by atoms with Crippen molar-refractivity contribution < 1.29 is 13.2 Å². The molecule has 2 aromatic rings. The molecule has 1 amide bonds. The van der Waals surface area contributed by atoms with Crippen molar-refractivity contribution in [3.8, 4) is 5.69 Å². The summed E-state index contributed by atoms with van der Waals surface area (Å²) >= 11 is 0. The van der Waals surface area contributed by atoms with E-state index < -0.39 is 15.9 Å². The second kappa shape index (κ2) is 7.78. The lowest BCUT2D eigenvalue weighted by molar-refractivity contribution is -0.118. The maximum Gasteiger partial charge on any atom is 0.241 e. The minimum absolute atomic E-state index is 0. The maximum atomic E-state index is 12.0. The standard InChI is InChI=1S/C15H20N4O3S.ClH/c1-10(2)14(16)15(20)18-11-8-17-19(9-11)12-6-4-5-7-13(12)23(3,21)22;/h4-10,14H,16H2,1-3H3,(H,18,20);1H/t14-;/m0./s1. The number of amides is 1. The molecular formula is C15H21ClN4O3S. The molecule has 0 radical (unpaired) electrons. The van der Waals surface area contributed by atoms with Gasteiger partial charge in [-0.3, -0.25) is 4.79 Å². The van der Waals surface area contributed by atoms with Crippen LogP contribution in [0.25, 0.3) is 5.69 Å². The van der Waals surface area contributed by atoms with Gasteiger partial charge in [0.05, 0.1) is 34.7 Å². The number of carbonyl (C=O) groups excluding carboxylic acids is 1. The fourth-order valence-corrected chi connectivity index (χ4v) is 2.87. The molecule has 1 aromatic heterocycles. The summed E-state index contributed by atoms with van der Waals surface area (Å²) in [6.45, 7) is 3.71. The SMILES string of the molecule is CC(C)[C@H](N)C(=O)Nc1cnn(-c2ccccc2S(C)(=O)=O)c1.Cl. The van der Waals surface area contributed by atoms with Gasteiger partial charge >= 0.3 is 0 Å². The molecule has 1 heterocycles. The van der Waals surface area contributed by atoms with E-state index >= 15 is 0 Å². The molecule has 0 aliphatic carbocycles. The van der Waals surface area contributed by atoms with Gasteiger partial charge in [0.2, 0.25) is 5.91 Å². The topological polar surface area (TPSA) is 107 Å². The van der Waals surface area contributed by atoms with E-state index in [1.165, 1.54) is 16.9 Å². The van der Waals surface area contributed by atoms with Crippen molar-refractivity contribution in [3.63, 3.8) is 0 Å². The number of halogens is 1. The minimum Gasteiger partial charge on any atom is -0.322 e. The van der Waals surface area contributed by atoms with Crippen LogP contribution in [0, 0.1) is 5.92 Å². The highest BCUT2D eigenvalue weighted by Crippen LogP contribution is 2.20. The molecule has 1 aromatic carbocycles. The molecule has 132 valence electrons. The van der Waals surface area contributed by atoms with Crippen LogP contribution in [0.4, 0.5) is 5.69 Å². The molecule has 0 unspecified atom stereocenters. The summed E-state index contributed by atoms with van der Waals surface area (Å²) in [6, 6.07) is 5.90. The Hall–Kier alpha value is -1.90. The molecule has 1 atom stereocenters. The van der Waals surface area contributed by atoms with Gasteiger partial charge in [-0.15, -0.1) is 12.4 Å². The summed E-state index contributed by atoms with van der Waals surface area (Å²) in [7, 11) is -3.39.